The highest BCUT2D eigenvalue weighted by atomic mass is 16.5. The lowest BCUT2D eigenvalue weighted by molar-refractivity contribution is 0.0763. The molecule has 1 fully saturated rings. The number of unbranched alkanes of at least 4 members (excludes halogenated alkanes) is 1. The van der Waals surface area contributed by atoms with E-state index in [4.69, 9.17) is 10.5 Å². The van der Waals surface area contributed by atoms with Crippen LogP contribution < -0.4 is 5.73 Å². The molecule has 1 saturated heterocycles. The molecule has 18 heavy (non-hydrogen) atoms. The number of nitrogens with two attached hydrogens (primary N) is 1. The van der Waals surface area contributed by atoms with Crippen LogP contribution in [0.1, 0.15) is 52.4 Å². The number of rotatable bonds is 6. The summed E-state index contributed by atoms with van der Waals surface area (Å²) in [6, 6.07) is 0. The highest BCUT2D eigenvalue weighted by Gasteiger charge is 2.10. The molecule has 0 spiro atoms. The van der Waals surface area contributed by atoms with Gasteiger partial charge < -0.3 is 15.4 Å². The van der Waals surface area contributed by atoms with Crippen molar-refractivity contribution in [1.82, 2.24) is 4.90 Å². The fraction of sp³-hybridized carbons (Fsp3) is 0.929. The maximum absolute atomic E-state index is 6.03. The summed E-state index contributed by atoms with van der Waals surface area (Å²) in [6.07, 6.45) is 7.61. The van der Waals surface area contributed by atoms with E-state index in [1.54, 1.807) is 0 Å². The van der Waals surface area contributed by atoms with Gasteiger partial charge in [0.15, 0.2) is 5.96 Å². The number of hydrogen-bond donors (Lipinski definition) is 1. The Morgan fingerprint density at radius 3 is 2.44 bits per heavy atom. The van der Waals surface area contributed by atoms with Crippen LogP contribution in [-0.4, -0.2) is 43.2 Å². The van der Waals surface area contributed by atoms with E-state index in [1.165, 1.54) is 25.7 Å². The fourth-order valence-corrected chi connectivity index (χ4v) is 2.13. The zero-order valence-electron chi connectivity index (χ0n) is 12.0. The van der Waals surface area contributed by atoms with Crippen LogP contribution in [0.2, 0.25) is 0 Å². The van der Waals surface area contributed by atoms with Crippen molar-refractivity contribution in [2.75, 3.05) is 26.2 Å². The number of aliphatic imine (C=N–C) groups is 1. The third kappa shape index (κ3) is 6.84. The van der Waals surface area contributed by atoms with Crippen LogP contribution in [-0.2, 0) is 4.74 Å². The maximum atomic E-state index is 6.03. The molecule has 0 bridgehead atoms. The third-order valence-corrected chi connectivity index (χ3v) is 3.21. The lowest BCUT2D eigenvalue weighted by atomic mass is 10.2. The molecule has 0 aromatic carbocycles. The molecule has 0 atom stereocenters. The maximum Gasteiger partial charge on any atom is 0.191 e. The summed E-state index contributed by atoms with van der Waals surface area (Å²) >= 11 is 0. The minimum Gasteiger partial charge on any atom is -0.379 e. The molecule has 4 nitrogen and oxygen atoms in total. The third-order valence-electron chi connectivity index (χ3n) is 3.21. The van der Waals surface area contributed by atoms with E-state index >= 15 is 0 Å². The second-order valence-electron chi connectivity index (χ2n) is 5.27. The van der Waals surface area contributed by atoms with E-state index in [-0.39, 0.29) is 0 Å². The average molecular weight is 255 g/mol. The molecule has 0 aromatic heterocycles. The number of ether oxygens (including phenoxy) is 1. The van der Waals surface area contributed by atoms with Crippen LogP contribution in [0, 0.1) is 0 Å². The van der Waals surface area contributed by atoms with E-state index < -0.39 is 0 Å². The molecule has 106 valence electrons. The first kappa shape index (κ1) is 15.3. The normalized spacial score (nSPS) is 18.2. The summed E-state index contributed by atoms with van der Waals surface area (Å²) in [5.41, 5.74) is 6.03. The van der Waals surface area contributed by atoms with E-state index in [2.05, 4.69) is 23.7 Å². The smallest absolute Gasteiger partial charge is 0.191 e. The average Bonchev–Trinajstić information content (AvgIpc) is 2.61. The number of nitrogens with zero attached hydrogens (tertiary/aromatic N) is 2. The Morgan fingerprint density at radius 1 is 1.17 bits per heavy atom. The van der Waals surface area contributed by atoms with Crippen LogP contribution in [0.3, 0.4) is 0 Å². The first-order valence-electron chi connectivity index (χ1n) is 7.36. The van der Waals surface area contributed by atoms with Crippen molar-refractivity contribution < 1.29 is 4.74 Å². The molecule has 0 amide bonds. The van der Waals surface area contributed by atoms with Gasteiger partial charge in [0.05, 0.1) is 6.10 Å². The van der Waals surface area contributed by atoms with Gasteiger partial charge in [0.1, 0.15) is 0 Å². The zero-order chi connectivity index (χ0) is 13.2. The highest BCUT2D eigenvalue weighted by Crippen LogP contribution is 2.09. The molecule has 0 aliphatic carbocycles. The van der Waals surface area contributed by atoms with Gasteiger partial charge in [-0.1, -0.05) is 12.8 Å². The number of guanidine groups is 1. The molecule has 0 aromatic rings. The second kappa shape index (κ2) is 9.20. The minimum absolute atomic E-state index is 0.329. The van der Waals surface area contributed by atoms with Gasteiger partial charge in [-0.25, -0.2) is 0 Å². The molecule has 0 unspecified atom stereocenters. The van der Waals surface area contributed by atoms with Gasteiger partial charge >= 0.3 is 0 Å². The summed E-state index contributed by atoms with van der Waals surface area (Å²) in [5, 5.41) is 0. The Labute approximate surface area is 112 Å². The van der Waals surface area contributed by atoms with Crippen molar-refractivity contribution in [3.63, 3.8) is 0 Å². The molecule has 4 heteroatoms. The molecular formula is C14H29N3O. The molecule has 0 saturated carbocycles. The minimum atomic E-state index is 0.329. The van der Waals surface area contributed by atoms with Crippen LogP contribution in [0.15, 0.2) is 4.99 Å². The quantitative estimate of drug-likeness (QED) is 0.450. The van der Waals surface area contributed by atoms with Crippen LogP contribution in [0.25, 0.3) is 0 Å². The van der Waals surface area contributed by atoms with Crippen LogP contribution in [0.4, 0.5) is 0 Å². The largest absolute Gasteiger partial charge is 0.379 e. The molecule has 2 N–H and O–H groups in total. The van der Waals surface area contributed by atoms with Crippen molar-refractivity contribution in [2.45, 2.75) is 58.5 Å². The van der Waals surface area contributed by atoms with E-state index in [1.807, 2.05) is 0 Å². The van der Waals surface area contributed by atoms with Crippen molar-refractivity contribution >= 4 is 5.96 Å². The Morgan fingerprint density at radius 2 is 1.83 bits per heavy atom. The number of hydrogen-bond acceptors (Lipinski definition) is 2. The van der Waals surface area contributed by atoms with Crippen molar-refractivity contribution in [2.24, 2.45) is 10.7 Å². The molecule has 1 aliphatic heterocycles. The monoisotopic (exact) mass is 255 g/mol. The summed E-state index contributed by atoms with van der Waals surface area (Å²) in [6.45, 7) is 7.93. The SMILES string of the molecule is CC(C)OCCCCN=C(N)N1CCCCCC1. The van der Waals surface area contributed by atoms with Gasteiger partial charge in [0.25, 0.3) is 0 Å². The van der Waals surface area contributed by atoms with Crippen LogP contribution >= 0.6 is 0 Å². The second-order valence-corrected chi connectivity index (χ2v) is 5.27. The lowest BCUT2D eigenvalue weighted by Crippen LogP contribution is -2.38. The first-order valence-corrected chi connectivity index (χ1v) is 7.36. The summed E-state index contributed by atoms with van der Waals surface area (Å²) in [5.74, 6) is 0.738. The Bertz CT molecular complexity index is 233. The van der Waals surface area contributed by atoms with Crippen LogP contribution in [0.5, 0.6) is 0 Å². The summed E-state index contributed by atoms with van der Waals surface area (Å²) in [7, 11) is 0. The standard InChI is InChI=1S/C14H29N3O/c1-13(2)18-12-8-5-9-16-14(15)17-10-6-3-4-7-11-17/h13H,3-12H2,1-2H3,(H2,15,16). The Kier molecular flexibility index (Phi) is 7.81. The summed E-state index contributed by atoms with van der Waals surface area (Å²) in [4.78, 5) is 6.70. The molecule has 1 rings (SSSR count). The molecule has 1 heterocycles. The molecule has 0 radical (unpaired) electrons. The first-order chi connectivity index (χ1) is 8.70. The van der Waals surface area contributed by atoms with E-state index in [9.17, 15) is 0 Å². The number of likely N-dealkylation sites (tertiary alicyclic amines) is 1. The van der Waals surface area contributed by atoms with Gasteiger partial charge in [-0.15, -0.1) is 0 Å². The van der Waals surface area contributed by atoms with Crippen molar-refractivity contribution in [3.05, 3.63) is 0 Å². The van der Waals surface area contributed by atoms with E-state index in [0.29, 0.717) is 6.10 Å². The van der Waals surface area contributed by atoms with Crippen molar-refractivity contribution in [3.8, 4) is 0 Å². The zero-order valence-corrected chi connectivity index (χ0v) is 12.0. The highest BCUT2D eigenvalue weighted by molar-refractivity contribution is 5.78. The van der Waals surface area contributed by atoms with E-state index in [0.717, 1.165) is 45.0 Å². The molecular weight excluding hydrogens is 226 g/mol. The van der Waals surface area contributed by atoms with Gasteiger partial charge in [-0.05, 0) is 39.5 Å². The fourth-order valence-electron chi connectivity index (χ4n) is 2.13. The molecule has 1 aliphatic rings. The van der Waals surface area contributed by atoms with Gasteiger partial charge in [0, 0.05) is 26.2 Å². The van der Waals surface area contributed by atoms with Gasteiger partial charge in [-0.2, -0.15) is 0 Å². The Hall–Kier alpha value is -0.770. The van der Waals surface area contributed by atoms with Crippen molar-refractivity contribution in [1.29, 1.82) is 0 Å². The van der Waals surface area contributed by atoms with Gasteiger partial charge in [0.2, 0.25) is 0 Å². The topological polar surface area (TPSA) is 50.9 Å². The Balaban J connectivity index is 2.12. The predicted molar refractivity (Wildman–Crippen MR) is 76.9 cm³/mol. The lowest BCUT2D eigenvalue weighted by Gasteiger charge is -2.21. The summed E-state index contributed by atoms with van der Waals surface area (Å²) < 4.78 is 5.49. The van der Waals surface area contributed by atoms with Gasteiger partial charge in [-0.3, -0.25) is 4.99 Å². The predicted octanol–water partition coefficient (Wildman–Crippen LogP) is 2.38.